The second-order valence-electron chi connectivity index (χ2n) is 3.13. The molecule has 0 atom stereocenters. The standard InChI is InChI=1S/C10H16N2O4/c1-4-8(3)12-16-10(15)11-6-5-7(2)9(13)14/h5H,4,6H2,1-3H3,(H,11,15)(H,13,14)/b7-5+,12-8+. The van der Waals surface area contributed by atoms with Crippen molar-refractivity contribution in [1.29, 1.82) is 0 Å². The maximum atomic E-state index is 11.0. The number of carbonyl (C=O) groups is 2. The Morgan fingerprint density at radius 3 is 2.56 bits per heavy atom. The van der Waals surface area contributed by atoms with Gasteiger partial charge in [-0.2, -0.15) is 0 Å². The van der Waals surface area contributed by atoms with E-state index in [1.807, 2.05) is 6.92 Å². The predicted molar refractivity (Wildman–Crippen MR) is 59.3 cm³/mol. The van der Waals surface area contributed by atoms with Gasteiger partial charge in [-0.05, 0) is 20.3 Å². The molecular weight excluding hydrogens is 212 g/mol. The quantitative estimate of drug-likeness (QED) is 0.323. The van der Waals surface area contributed by atoms with Gasteiger partial charge in [0, 0.05) is 12.1 Å². The second-order valence-corrected chi connectivity index (χ2v) is 3.13. The molecule has 0 rings (SSSR count). The molecule has 0 aromatic heterocycles. The van der Waals surface area contributed by atoms with Crippen LogP contribution in [-0.4, -0.2) is 29.4 Å². The van der Waals surface area contributed by atoms with E-state index < -0.39 is 12.1 Å². The van der Waals surface area contributed by atoms with Crippen LogP contribution in [-0.2, 0) is 9.63 Å². The second kappa shape index (κ2) is 7.44. The van der Waals surface area contributed by atoms with Gasteiger partial charge in [-0.25, -0.2) is 9.59 Å². The van der Waals surface area contributed by atoms with Gasteiger partial charge in [0.2, 0.25) is 0 Å². The third-order valence-corrected chi connectivity index (χ3v) is 1.79. The first-order valence-corrected chi connectivity index (χ1v) is 4.85. The van der Waals surface area contributed by atoms with Crippen molar-refractivity contribution in [3.8, 4) is 0 Å². The largest absolute Gasteiger partial charge is 0.478 e. The molecule has 0 bridgehead atoms. The summed E-state index contributed by atoms with van der Waals surface area (Å²) < 4.78 is 0. The van der Waals surface area contributed by atoms with E-state index >= 15 is 0 Å². The zero-order chi connectivity index (χ0) is 12.6. The Labute approximate surface area is 94.0 Å². The number of carboxylic acids is 1. The third-order valence-electron chi connectivity index (χ3n) is 1.79. The van der Waals surface area contributed by atoms with E-state index in [-0.39, 0.29) is 12.1 Å². The lowest BCUT2D eigenvalue weighted by Crippen LogP contribution is -2.23. The Kier molecular flexibility index (Phi) is 6.58. The first-order valence-electron chi connectivity index (χ1n) is 4.85. The Morgan fingerprint density at radius 2 is 2.06 bits per heavy atom. The van der Waals surface area contributed by atoms with Crippen molar-refractivity contribution in [3.05, 3.63) is 11.6 Å². The zero-order valence-corrected chi connectivity index (χ0v) is 9.61. The van der Waals surface area contributed by atoms with Crippen molar-refractivity contribution >= 4 is 17.8 Å². The molecule has 0 spiro atoms. The fourth-order valence-electron chi connectivity index (χ4n) is 0.591. The van der Waals surface area contributed by atoms with Crippen molar-refractivity contribution < 1.29 is 19.5 Å². The highest BCUT2D eigenvalue weighted by Crippen LogP contribution is 1.91. The number of hydrogen-bond donors (Lipinski definition) is 2. The number of carbonyl (C=O) groups excluding carboxylic acids is 1. The van der Waals surface area contributed by atoms with Crippen LogP contribution in [0.15, 0.2) is 16.8 Å². The normalized spacial score (nSPS) is 12.2. The molecule has 0 aliphatic heterocycles. The fraction of sp³-hybridized carbons (Fsp3) is 0.500. The molecule has 6 heteroatoms. The highest BCUT2D eigenvalue weighted by Gasteiger charge is 2.01. The van der Waals surface area contributed by atoms with E-state index in [1.165, 1.54) is 13.0 Å². The van der Waals surface area contributed by atoms with Gasteiger partial charge in [0.15, 0.2) is 0 Å². The number of carboxylic acid groups (broad SMARTS) is 1. The van der Waals surface area contributed by atoms with Crippen LogP contribution in [0.1, 0.15) is 27.2 Å². The highest BCUT2D eigenvalue weighted by atomic mass is 16.7. The van der Waals surface area contributed by atoms with E-state index in [2.05, 4.69) is 15.3 Å². The number of rotatable bonds is 5. The topological polar surface area (TPSA) is 88.0 Å². The van der Waals surface area contributed by atoms with E-state index in [0.29, 0.717) is 12.1 Å². The molecule has 0 aliphatic rings. The van der Waals surface area contributed by atoms with Crippen LogP contribution < -0.4 is 5.32 Å². The average molecular weight is 228 g/mol. The summed E-state index contributed by atoms with van der Waals surface area (Å²) in [6, 6.07) is 0. The lowest BCUT2D eigenvalue weighted by Gasteiger charge is -2.00. The number of aliphatic carboxylic acids is 1. The minimum Gasteiger partial charge on any atom is -0.478 e. The number of oxime groups is 1. The summed E-state index contributed by atoms with van der Waals surface area (Å²) in [6.07, 6.45) is 1.37. The molecule has 0 aromatic carbocycles. The van der Waals surface area contributed by atoms with Gasteiger partial charge in [0.25, 0.3) is 0 Å². The van der Waals surface area contributed by atoms with Crippen LogP contribution >= 0.6 is 0 Å². The Hall–Kier alpha value is -1.85. The van der Waals surface area contributed by atoms with Crippen LogP contribution in [0.4, 0.5) is 4.79 Å². The molecule has 1 amide bonds. The minimum absolute atomic E-state index is 0.0949. The van der Waals surface area contributed by atoms with Crippen LogP contribution in [0.3, 0.4) is 0 Å². The summed E-state index contributed by atoms with van der Waals surface area (Å²) in [4.78, 5) is 25.9. The van der Waals surface area contributed by atoms with E-state index in [0.717, 1.165) is 0 Å². The Morgan fingerprint density at radius 1 is 1.44 bits per heavy atom. The summed E-state index contributed by atoms with van der Waals surface area (Å²) in [5.74, 6) is -1.02. The van der Waals surface area contributed by atoms with Crippen molar-refractivity contribution in [1.82, 2.24) is 5.32 Å². The van der Waals surface area contributed by atoms with E-state index in [4.69, 9.17) is 5.11 Å². The average Bonchev–Trinajstić information content (AvgIpc) is 2.25. The molecule has 16 heavy (non-hydrogen) atoms. The lowest BCUT2D eigenvalue weighted by atomic mass is 10.3. The van der Waals surface area contributed by atoms with Gasteiger partial charge in [0.1, 0.15) is 0 Å². The summed E-state index contributed by atoms with van der Waals surface area (Å²) >= 11 is 0. The molecule has 6 nitrogen and oxygen atoms in total. The van der Waals surface area contributed by atoms with Gasteiger partial charge in [-0.15, -0.1) is 0 Å². The SMILES string of the molecule is CC/C(C)=N/OC(=O)NC/C=C(\C)C(=O)O. The predicted octanol–water partition coefficient (Wildman–Crippen LogP) is 1.53. The van der Waals surface area contributed by atoms with Crippen molar-refractivity contribution in [2.75, 3.05) is 6.54 Å². The fourth-order valence-corrected chi connectivity index (χ4v) is 0.591. The molecular formula is C10H16N2O4. The monoisotopic (exact) mass is 228 g/mol. The number of nitrogens with one attached hydrogen (secondary N) is 1. The highest BCUT2D eigenvalue weighted by molar-refractivity contribution is 5.86. The van der Waals surface area contributed by atoms with Gasteiger partial charge in [-0.1, -0.05) is 18.2 Å². The Bertz CT molecular complexity index is 321. The summed E-state index contributed by atoms with van der Waals surface area (Å²) in [6.45, 7) is 5.16. The van der Waals surface area contributed by atoms with Gasteiger partial charge in [-0.3, -0.25) is 4.84 Å². The van der Waals surface area contributed by atoms with Crippen LogP contribution in [0.2, 0.25) is 0 Å². The molecule has 0 radical (unpaired) electrons. The van der Waals surface area contributed by atoms with Crippen LogP contribution in [0, 0.1) is 0 Å². The number of amides is 1. The smallest absolute Gasteiger partial charge is 0.433 e. The van der Waals surface area contributed by atoms with Gasteiger partial charge >= 0.3 is 12.1 Å². The molecule has 0 aromatic rings. The van der Waals surface area contributed by atoms with Gasteiger partial charge < -0.3 is 10.4 Å². The molecule has 90 valence electrons. The number of hydrogen-bond acceptors (Lipinski definition) is 4. The van der Waals surface area contributed by atoms with Crippen molar-refractivity contribution in [3.63, 3.8) is 0 Å². The van der Waals surface area contributed by atoms with Crippen LogP contribution in [0.25, 0.3) is 0 Å². The third kappa shape index (κ3) is 6.58. The molecule has 0 saturated carbocycles. The first kappa shape index (κ1) is 14.2. The van der Waals surface area contributed by atoms with E-state index in [1.54, 1.807) is 6.92 Å². The number of nitrogens with zero attached hydrogens (tertiary/aromatic N) is 1. The summed E-state index contributed by atoms with van der Waals surface area (Å²) in [5, 5.41) is 14.4. The zero-order valence-electron chi connectivity index (χ0n) is 9.61. The molecule has 0 heterocycles. The maximum absolute atomic E-state index is 11.0. The maximum Gasteiger partial charge on any atom is 0.433 e. The Balaban J connectivity index is 3.92. The summed E-state index contributed by atoms with van der Waals surface area (Å²) in [7, 11) is 0. The molecule has 0 aliphatic carbocycles. The van der Waals surface area contributed by atoms with Crippen molar-refractivity contribution in [2.45, 2.75) is 27.2 Å². The van der Waals surface area contributed by atoms with E-state index in [9.17, 15) is 9.59 Å². The molecule has 0 fully saturated rings. The first-order chi connectivity index (χ1) is 7.47. The molecule has 0 saturated heterocycles. The van der Waals surface area contributed by atoms with Crippen molar-refractivity contribution in [2.24, 2.45) is 5.16 Å². The van der Waals surface area contributed by atoms with Gasteiger partial charge in [0.05, 0.1) is 5.71 Å². The van der Waals surface area contributed by atoms with Crippen LogP contribution in [0.5, 0.6) is 0 Å². The summed E-state index contributed by atoms with van der Waals surface area (Å²) in [5.41, 5.74) is 0.862. The molecule has 2 N–H and O–H groups in total. The lowest BCUT2D eigenvalue weighted by molar-refractivity contribution is -0.132. The molecule has 0 unspecified atom stereocenters. The minimum atomic E-state index is -1.02.